The fourth-order valence-corrected chi connectivity index (χ4v) is 10.5. The highest BCUT2D eigenvalue weighted by Gasteiger charge is 2.57. The Balaban J connectivity index is 0.953. The summed E-state index contributed by atoms with van der Waals surface area (Å²) in [6.07, 6.45) is -50.7. The molecule has 0 unspecified atom stereocenters. The standard InChI is InChI=1S/C42H70N6O30/c49-3-13-31-21(57)27(63)39(71-13)77-35-18(8-54)74-42(30(66)24(35)60)76-34-16(6-52)70-38(26(62)20(34)56)48-2-12(44-46-48)10-68-32-14(4-50)72-40(28(64)22(32)58)78-36-17(7-53)73-41(29(65)23(36)59)75-33-15(5-51)69-37(25(61)19(33)55)47-1-11(9-67-31)43-45-47/h1-2,13-46,49-66H,3-10H2/t13-,14-,15-,16-,17-,18-,19-,20-,21-,22-,23-,24-,25+,26+,27+,28+,29+,30+,31-,32-,33-,34-,35-,36-,37+,38+,39-,40-,41-,42-/m1/s1. The molecule has 6 saturated heterocycles. The second-order valence-electron chi connectivity index (χ2n) is 19.8. The number of nitrogens with zero attached hydrogens (tertiary/aromatic N) is 2. The van der Waals surface area contributed by atoms with Gasteiger partial charge in [-0.1, -0.05) is 0 Å². The van der Waals surface area contributed by atoms with Gasteiger partial charge >= 0.3 is 0 Å². The van der Waals surface area contributed by atoms with Crippen LogP contribution in [0.2, 0.25) is 0 Å². The van der Waals surface area contributed by atoms with Crippen molar-refractivity contribution in [2.24, 2.45) is 0 Å². The first kappa shape index (κ1) is 60.0. The van der Waals surface area contributed by atoms with Crippen LogP contribution in [0.3, 0.4) is 0 Å². The summed E-state index contributed by atoms with van der Waals surface area (Å²) in [5.74, 6) is 0. The van der Waals surface area contributed by atoms with E-state index in [0.717, 1.165) is 10.0 Å². The van der Waals surface area contributed by atoms with Crippen LogP contribution in [0.15, 0.2) is 23.8 Å². The van der Waals surface area contributed by atoms with Crippen molar-refractivity contribution in [2.45, 2.75) is 184 Å². The molecule has 0 aromatic rings. The van der Waals surface area contributed by atoms with E-state index < -0.39 is 237 Å². The molecule has 0 saturated carbocycles. The van der Waals surface area contributed by atoms with E-state index in [9.17, 15) is 91.9 Å². The quantitative estimate of drug-likeness (QED) is 0.117. The lowest BCUT2D eigenvalue weighted by Gasteiger charge is -2.49. The van der Waals surface area contributed by atoms with E-state index in [1.54, 1.807) is 0 Å². The monoisotopic (exact) mass is 1140 g/mol. The van der Waals surface area contributed by atoms with Gasteiger partial charge in [-0.3, -0.25) is 10.0 Å². The van der Waals surface area contributed by atoms with Crippen molar-refractivity contribution in [3.63, 3.8) is 0 Å². The van der Waals surface area contributed by atoms with Gasteiger partial charge in [-0.15, -0.1) is 11.1 Å². The van der Waals surface area contributed by atoms with E-state index in [4.69, 9.17) is 56.8 Å². The molecule has 24 heterocycles. The highest BCUT2D eigenvalue weighted by atomic mass is 16.8. The zero-order valence-corrected chi connectivity index (χ0v) is 41.0. The average molecular weight is 1140 g/mol. The van der Waals surface area contributed by atoms with Crippen LogP contribution in [-0.2, 0) is 56.8 Å². The van der Waals surface area contributed by atoms with Crippen molar-refractivity contribution in [2.75, 3.05) is 52.9 Å². The van der Waals surface area contributed by atoms with Crippen molar-refractivity contribution < 1.29 is 149 Å². The van der Waals surface area contributed by atoms with E-state index in [2.05, 4.69) is 21.9 Å². The Labute approximate surface area is 441 Å². The molecule has 36 heteroatoms. The summed E-state index contributed by atoms with van der Waals surface area (Å²) in [5.41, 5.74) is 11.0. The maximum atomic E-state index is 11.4. The number of hydrazine groups is 4. The average Bonchev–Trinajstić information content (AvgIpc) is 4.13. The predicted octanol–water partition coefficient (Wildman–Crippen LogP) is -14.7. The largest absolute Gasteiger partial charge is 0.394 e. The number of aliphatic hydroxyl groups excluding tert-OH is 18. The van der Waals surface area contributed by atoms with Crippen molar-refractivity contribution in [1.29, 1.82) is 0 Å². The Morgan fingerprint density at radius 2 is 0.564 bits per heavy atom. The normalized spacial score (nSPS) is 50.7. The van der Waals surface area contributed by atoms with Gasteiger partial charge in [0, 0.05) is 12.4 Å². The third kappa shape index (κ3) is 11.7. The lowest BCUT2D eigenvalue weighted by molar-refractivity contribution is -0.376. The van der Waals surface area contributed by atoms with Gasteiger partial charge in [0.1, 0.15) is 146 Å². The lowest BCUT2D eigenvalue weighted by atomic mass is 9.95. The molecule has 24 aliphatic rings. The van der Waals surface area contributed by atoms with E-state index >= 15 is 0 Å². The molecule has 0 spiro atoms. The summed E-state index contributed by atoms with van der Waals surface area (Å²) < 4.78 is 69.5. The van der Waals surface area contributed by atoms with E-state index in [-0.39, 0.29) is 11.4 Å². The lowest BCUT2D eigenvalue weighted by Crippen LogP contribution is -2.68. The van der Waals surface area contributed by atoms with Crippen molar-refractivity contribution in [3.8, 4) is 0 Å². The van der Waals surface area contributed by atoms with Gasteiger partial charge in [-0.25, -0.2) is 0 Å². The van der Waals surface area contributed by atoms with Gasteiger partial charge in [0.2, 0.25) is 0 Å². The topological polar surface area (TPSA) is 530 Å². The van der Waals surface area contributed by atoms with Gasteiger partial charge in [0.05, 0.1) is 64.2 Å². The number of aliphatic hydroxyl groups is 18. The van der Waals surface area contributed by atoms with Gasteiger partial charge in [0.25, 0.3) is 0 Å². The highest BCUT2D eigenvalue weighted by Crippen LogP contribution is 2.37. The van der Waals surface area contributed by atoms with E-state index in [1.807, 2.05) is 0 Å². The fraction of sp³-hybridized carbons (Fsp3) is 0.905. The van der Waals surface area contributed by atoms with Gasteiger partial charge in [-0.05, 0) is 0 Å². The van der Waals surface area contributed by atoms with Crippen LogP contribution in [-0.4, -0.2) is 339 Å². The maximum Gasteiger partial charge on any atom is 0.187 e. The summed E-state index contributed by atoms with van der Waals surface area (Å²) in [4.78, 5) is 0. The molecule has 0 aromatic heterocycles. The molecule has 78 heavy (non-hydrogen) atoms. The minimum atomic E-state index is -2.08. The van der Waals surface area contributed by atoms with Crippen molar-refractivity contribution >= 4 is 0 Å². The van der Waals surface area contributed by atoms with Crippen molar-refractivity contribution in [3.05, 3.63) is 23.8 Å². The van der Waals surface area contributed by atoms with Crippen molar-refractivity contribution in [1.82, 2.24) is 31.9 Å². The molecule has 0 aliphatic carbocycles. The Morgan fingerprint density at radius 3 is 0.846 bits per heavy atom. The van der Waals surface area contributed by atoms with Crippen LogP contribution >= 0.6 is 0 Å². The number of hydrogen-bond acceptors (Lipinski definition) is 36. The summed E-state index contributed by atoms with van der Waals surface area (Å²) in [7, 11) is 0. The Kier molecular flexibility index (Phi) is 19.6. The van der Waals surface area contributed by atoms with E-state index in [0.29, 0.717) is 0 Å². The zero-order valence-electron chi connectivity index (χ0n) is 41.0. The molecule has 0 aromatic carbocycles. The number of hydrogen-bond donors (Lipinski definition) is 22. The first-order valence-electron chi connectivity index (χ1n) is 25.0. The second kappa shape index (κ2) is 25.5. The van der Waals surface area contributed by atoms with Crippen LogP contribution < -0.4 is 21.9 Å². The molecular weight excluding hydrogens is 1070 g/mol. The maximum absolute atomic E-state index is 11.4. The summed E-state index contributed by atoms with van der Waals surface area (Å²) in [5, 5.41) is 200. The van der Waals surface area contributed by atoms with E-state index in [1.165, 1.54) is 12.4 Å². The molecule has 24 aliphatic heterocycles. The highest BCUT2D eigenvalue weighted by molar-refractivity contribution is 5.08. The third-order valence-corrected chi connectivity index (χ3v) is 14.8. The Hall–Kier alpha value is -2.60. The minimum Gasteiger partial charge on any atom is -0.394 e. The number of ether oxygens (including phenoxy) is 12. The smallest absolute Gasteiger partial charge is 0.187 e. The molecular formula is C42H70N6O30. The molecule has 16 bridgehead atoms. The fourth-order valence-electron chi connectivity index (χ4n) is 10.5. The predicted molar refractivity (Wildman–Crippen MR) is 238 cm³/mol. The van der Waals surface area contributed by atoms with Crippen LogP contribution in [0.1, 0.15) is 0 Å². The number of rotatable bonds is 6. The molecule has 36 nitrogen and oxygen atoms in total. The van der Waals surface area contributed by atoms with Gasteiger partial charge < -0.3 is 160 Å². The first-order chi connectivity index (χ1) is 37.4. The zero-order chi connectivity index (χ0) is 56.0. The molecule has 448 valence electrons. The van der Waals surface area contributed by atoms with Crippen LogP contribution in [0.25, 0.3) is 0 Å². The Morgan fingerprint density at radius 1 is 0.321 bits per heavy atom. The molecule has 6 fully saturated rings. The molecule has 24 rings (SSSR count). The van der Waals surface area contributed by atoms with Gasteiger partial charge in [0.15, 0.2) is 37.6 Å². The van der Waals surface area contributed by atoms with Crippen LogP contribution in [0.4, 0.5) is 0 Å². The summed E-state index contributed by atoms with van der Waals surface area (Å²) in [6.45, 7) is -6.22. The summed E-state index contributed by atoms with van der Waals surface area (Å²) in [6, 6.07) is 0. The summed E-state index contributed by atoms with van der Waals surface area (Å²) >= 11 is 0. The van der Waals surface area contributed by atoms with Gasteiger partial charge in [-0.2, -0.15) is 0 Å². The molecule has 30 atom stereocenters. The van der Waals surface area contributed by atoms with Crippen LogP contribution in [0, 0.1) is 0 Å². The number of nitrogens with one attached hydrogen (secondary N) is 4. The Bertz CT molecular complexity index is 1870. The SMILES string of the molecule is OC[C@H]1O[C@@H]2O[C@H]3[C@H](O)[C@H](O)[C@@H](O[C@H]4[C@H](O)[C@H](O)[C@H](O[C@@H]4CO)N4C=C(CO[C@H]5[C@H](O)[C@H](O)[C@@H](O[C@H]6[C@H](O)[C@H](O)[C@@H](O[C@H]7[C@H](O)[C@H](O)[C@H](O[C@@H]7CO)N7C=C(CO[C@H]1[C@H](O)[C@@H]2O)NN7)O[C@@H]6CO)O[C@@H]5CO)NN4)O[C@@H]3CO. The molecule has 22 N–H and O–H groups in total. The second-order valence-corrected chi connectivity index (χ2v) is 19.8. The third-order valence-electron chi connectivity index (χ3n) is 14.8. The minimum absolute atomic E-state index is 0.146. The first-order valence-corrected chi connectivity index (χ1v) is 25.0. The molecule has 0 amide bonds. The van der Waals surface area contributed by atoms with Crippen LogP contribution in [0.5, 0.6) is 0 Å². The molecule has 0 radical (unpaired) electrons.